The number of ether oxygens (including phenoxy) is 6. The summed E-state index contributed by atoms with van der Waals surface area (Å²) in [5, 5.41) is 17.9. The first kappa shape index (κ1) is 21.1. The molecule has 2 fully saturated rings. The van der Waals surface area contributed by atoms with Crippen molar-refractivity contribution in [2.75, 3.05) is 6.61 Å². The minimum absolute atomic E-state index is 0.546. The molecular formula is C16H23NO10. The molecule has 0 aliphatic carbocycles. The average Bonchev–Trinajstić information content (AvgIpc) is 2.73. The maximum absolute atomic E-state index is 11.7. The highest BCUT2D eigenvalue weighted by Crippen LogP contribution is 2.44. The summed E-state index contributed by atoms with van der Waals surface area (Å²) in [6.07, 6.45) is -5.51. The third-order valence-electron chi connectivity index (χ3n) is 3.83. The summed E-state index contributed by atoms with van der Waals surface area (Å²) < 4.78 is 32.4. The summed E-state index contributed by atoms with van der Waals surface area (Å²) in [6, 6.07) is 0. The summed E-state index contributed by atoms with van der Waals surface area (Å²) in [4.78, 5) is 34.8. The first-order valence-corrected chi connectivity index (χ1v) is 8.20. The van der Waals surface area contributed by atoms with Crippen LogP contribution in [0.5, 0.6) is 0 Å². The maximum Gasteiger partial charge on any atom is 0.303 e. The fourth-order valence-electron chi connectivity index (χ4n) is 3.09. The van der Waals surface area contributed by atoms with Crippen molar-refractivity contribution in [1.82, 2.24) is 0 Å². The number of hydrogen-bond donors (Lipinski definition) is 2. The van der Waals surface area contributed by atoms with E-state index < -0.39 is 66.4 Å². The van der Waals surface area contributed by atoms with Gasteiger partial charge in [-0.2, -0.15) is 0 Å². The first-order chi connectivity index (χ1) is 12.4. The zero-order chi connectivity index (χ0) is 20.6. The second kappa shape index (κ2) is 7.41. The number of nitrogens with one attached hydrogen (secondary N) is 1. The predicted molar refractivity (Wildman–Crippen MR) is 85.3 cm³/mol. The lowest BCUT2D eigenvalue weighted by Gasteiger charge is -2.47. The van der Waals surface area contributed by atoms with E-state index in [1.807, 2.05) is 0 Å². The highest BCUT2D eigenvalue weighted by Gasteiger charge is 2.68. The van der Waals surface area contributed by atoms with Gasteiger partial charge in [-0.15, -0.1) is 0 Å². The molecule has 0 aromatic carbocycles. The van der Waals surface area contributed by atoms with E-state index in [1.165, 1.54) is 13.8 Å². The Bertz CT molecular complexity index is 647. The van der Waals surface area contributed by atoms with E-state index in [1.54, 1.807) is 0 Å². The molecule has 27 heavy (non-hydrogen) atoms. The number of aliphatic hydroxyl groups is 1. The molecule has 1 spiro atoms. The molecule has 2 aliphatic heterocycles. The summed E-state index contributed by atoms with van der Waals surface area (Å²) in [6.45, 7) is 5.65. The van der Waals surface area contributed by atoms with E-state index in [2.05, 4.69) is 0 Å². The minimum Gasteiger partial charge on any atom is -0.456 e. The fraction of sp³-hybridized carbons (Fsp3) is 0.750. The molecule has 0 aromatic heterocycles. The van der Waals surface area contributed by atoms with E-state index in [-0.39, 0.29) is 0 Å². The Hall–Kier alpha value is -2.24. The van der Waals surface area contributed by atoms with Crippen molar-refractivity contribution in [3.05, 3.63) is 0 Å². The Morgan fingerprint density at radius 1 is 1.04 bits per heavy atom. The molecule has 0 bridgehead atoms. The summed E-state index contributed by atoms with van der Waals surface area (Å²) >= 11 is 0. The van der Waals surface area contributed by atoms with E-state index >= 15 is 0 Å². The van der Waals surface area contributed by atoms with Crippen LogP contribution >= 0.6 is 0 Å². The van der Waals surface area contributed by atoms with Crippen LogP contribution in [0.1, 0.15) is 34.6 Å². The SMILES string of the molecule is CC(=O)O[C@@H]1[C@H](OC(C)=O)[C@@H](CO)O[C@]2(OC(C)(C)OC2=N)[C@@H]1OC(C)=O. The van der Waals surface area contributed by atoms with Crippen molar-refractivity contribution >= 4 is 23.8 Å². The van der Waals surface area contributed by atoms with Gasteiger partial charge in [-0.05, 0) is 0 Å². The Balaban J connectivity index is 2.57. The number of hydrogen-bond acceptors (Lipinski definition) is 11. The van der Waals surface area contributed by atoms with Gasteiger partial charge in [-0.25, -0.2) is 0 Å². The maximum atomic E-state index is 11.7. The lowest BCUT2D eigenvalue weighted by Crippen LogP contribution is -2.70. The zero-order valence-corrected chi connectivity index (χ0v) is 15.6. The standard InChI is InChI=1S/C16H23NO10/c1-7(19)22-11-10(6-18)25-16(14(17)26-15(4,5)27-16)13(24-9(3)21)12(11)23-8(2)20/h10-13,17-18H,6H2,1-5H3/t10-,11-,12-,13-,16+/m1/s1. The number of carbonyl (C=O) groups is 3. The molecule has 2 aliphatic rings. The third kappa shape index (κ3) is 4.20. The number of aliphatic hydroxyl groups excluding tert-OH is 1. The van der Waals surface area contributed by atoms with Crippen molar-refractivity contribution < 1.29 is 47.9 Å². The Kier molecular flexibility index (Phi) is 5.78. The topological polar surface area (TPSA) is 151 Å². The minimum atomic E-state index is -2.10. The smallest absolute Gasteiger partial charge is 0.303 e. The van der Waals surface area contributed by atoms with E-state index in [9.17, 15) is 19.5 Å². The molecule has 11 heteroatoms. The van der Waals surface area contributed by atoms with Crippen molar-refractivity contribution in [1.29, 1.82) is 5.41 Å². The molecule has 0 aromatic rings. The predicted octanol–water partition coefficient (Wildman–Crippen LogP) is -0.371. The van der Waals surface area contributed by atoms with Gasteiger partial charge in [0.15, 0.2) is 12.2 Å². The normalized spacial score (nSPS) is 34.7. The molecular weight excluding hydrogens is 366 g/mol. The van der Waals surface area contributed by atoms with Crippen LogP contribution in [0.4, 0.5) is 0 Å². The molecule has 5 atom stereocenters. The van der Waals surface area contributed by atoms with Crippen LogP contribution < -0.4 is 0 Å². The van der Waals surface area contributed by atoms with Crippen LogP contribution in [0.3, 0.4) is 0 Å². The zero-order valence-electron chi connectivity index (χ0n) is 15.6. The lowest BCUT2D eigenvalue weighted by atomic mass is 9.91. The van der Waals surface area contributed by atoms with E-state index in [0.29, 0.717) is 0 Å². The van der Waals surface area contributed by atoms with Crippen LogP contribution in [0.15, 0.2) is 0 Å². The first-order valence-electron chi connectivity index (χ1n) is 8.20. The molecule has 2 heterocycles. The Morgan fingerprint density at radius 2 is 1.56 bits per heavy atom. The van der Waals surface area contributed by atoms with Crippen LogP contribution in [0, 0.1) is 5.41 Å². The molecule has 0 unspecified atom stereocenters. The van der Waals surface area contributed by atoms with Gasteiger partial charge in [0.25, 0.3) is 5.79 Å². The average molecular weight is 389 g/mol. The van der Waals surface area contributed by atoms with Gasteiger partial charge >= 0.3 is 17.9 Å². The van der Waals surface area contributed by atoms with Crippen LogP contribution in [0.25, 0.3) is 0 Å². The largest absolute Gasteiger partial charge is 0.456 e. The molecule has 2 saturated heterocycles. The molecule has 2 N–H and O–H groups in total. The molecule has 11 nitrogen and oxygen atoms in total. The highest BCUT2D eigenvalue weighted by molar-refractivity contribution is 5.84. The summed E-state index contributed by atoms with van der Waals surface area (Å²) in [7, 11) is 0. The third-order valence-corrected chi connectivity index (χ3v) is 3.83. The van der Waals surface area contributed by atoms with Crippen molar-refractivity contribution in [3.63, 3.8) is 0 Å². The van der Waals surface area contributed by atoms with E-state index in [0.717, 1.165) is 20.8 Å². The van der Waals surface area contributed by atoms with Gasteiger partial charge in [0, 0.05) is 34.6 Å². The van der Waals surface area contributed by atoms with Gasteiger partial charge in [0.1, 0.15) is 6.10 Å². The fourth-order valence-corrected chi connectivity index (χ4v) is 3.09. The van der Waals surface area contributed by atoms with Crippen molar-refractivity contribution in [3.8, 4) is 0 Å². The van der Waals surface area contributed by atoms with Gasteiger partial charge in [-0.1, -0.05) is 0 Å². The van der Waals surface area contributed by atoms with Gasteiger partial charge in [0.05, 0.1) is 6.61 Å². The molecule has 2 rings (SSSR count). The quantitative estimate of drug-likeness (QED) is 0.481. The monoisotopic (exact) mass is 389 g/mol. The number of carbonyl (C=O) groups excluding carboxylic acids is 3. The van der Waals surface area contributed by atoms with Crippen LogP contribution in [-0.4, -0.2) is 71.5 Å². The van der Waals surface area contributed by atoms with Crippen LogP contribution in [0.2, 0.25) is 0 Å². The Labute approximate surface area is 155 Å². The van der Waals surface area contributed by atoms with Crippen molar-refractivity contribution in [2.24, 2.45) is 0 Å². The number of rotatable bonds is 4. The van der Waals surface area contributed by atoms with Gasteiger partial charge < -0.3 is 28.8 Å². The van der Waals surface area contributed by atoms with E-state index in [4.69, 9.17) is 33.8 Å². The molecule has 0 saturated carbocycles. The van der Waals surface area contributed by atoms with Crippen LogP contribution in [-0.2, 0) is 42.8 Å². The summed E-state index contributed by atoms with van der Waals surface area (Å²) in [5.74, 6) is -6.27. The summed E-state index contributed by atoms with van der Waals surface area (Å²) in [5.41, 5.74) is 0. The highest BCUT2D eigenvalue weighted by atomic mass is 16.9. The van der Waals surface area contributed by atoms with Gasteiger partial charge in [0.2, 0.25) is 17.8 Å². The number of esters is 3. The van der Waals surface area contributed by atoms with Gasteiger partial charge in [-0.3, -0.25) is 24.5 Å². The Morgan fingerprint density at radius 3 is 1.96 bits per heavy atom. The molecule has 0 radical (unpaired) electrons. The van der Waals surface area contributed by atoms with Crippen molar-refractivity contribution in [2.45, 2.75) is 70.6 Å². The second-order valence-corrected chi connectivity index (χ2v) is 6.62. The molecule has 152 valence electrons. The molecule has 0 amide bonds. The lowest BCUT2D eigenvalue weighted by molar-refractivity contribution is -0.352. The second-order valence-electron chi connectivity index (χ2n) is 6.62.